The predicted molar refractivity (Wildman–Crippen MR) is 72.4 cm³/mol. The van der Waals surface area contributed by atoms with E-state index >= 15 is 0 Å². The van der Waals surface area contributed by atoms with Gasteiger partial charge in [0.1, 0.15) is 0 Å². The summed E-state index contributed by atoms with van der Waals surface area (Å²) < 4.78 is 23.6. The van der Waals surface area contributed by atoms with Crippen LogP contribution in [0.15, 0.2) is 40.2 Å². The lowest BCUT2D eigenvalue weighted by Gasteiger charge is -2.18. The number of sulfone groups is 1. The summed E-state index contributed by atoms with van der Waals surface area (Å²) in [5.41, 5.74) is 1.14. The second kappa shape index (κ2) is 4.92. The van der Waals surface area contributed by atoms with Gasteiger partial charge in [-0.15, -0.1) is 0 Å². The van der Waals surface area contributed by atoms with Gasteiger partial charge in [-0.2, -0.15) is 0 Å². The largest absolute Gasteiger partial charge is 0.303 e. The van der Waals surface area contributed by atoms with Crippen LogP contribution >= 0.6 is 15.9 Å². The summed E-state index contributed by atoms with van der Waals surface area (Å²) in [7, 11) is -2.98. The van der Waals surface area contributed by atoms with Gasteiger partial charge < -0.3 is 5.32 Å². The number of rotatable bonds is 3. The molecule has 1 heterocycles. The van der Waals surface area contributed by atoms with Gasteiger partial charge in [0.25, 0.3) is 0 Å². The minimum atomic E-state index is -2.98. The molecule has 1 aromatic carbocycles. The van der Waals surface area contributed by atoms with Gasteiger partial charge in [-0.1, -0.05) is 34.1 Å². The fourth-order valence-electron chi connectivity index (χ4n) is 1.85. The van der Waals surface area contributed by atoms with E-state index < -0.39 is 9.84 Å². The summed E-state index contributed by atoms with van der Waals surface area (Å²) in [5, 5.41) is 4.58. The Morgan fingerprint density at radius 3 is 2.53 bits per heavy atom. The van der Waals surface area contributed by atoms with Crippen molar-refractivity contribution in [2.75, 3.05) is 5.75 Å². The molecule has 2 unspecified atom stereocenters. The molecule has 0 fully saturated rings. The standard InChI is InChI=1S/C12H14BrNO2S/c1-9(10-2-4-11(13)5-3-10)14-12-6-7-17(15,16)8-12/h2-7,9,12,14H,8H2,1H3. The van der Waals surface area contributed by atoms with E-state index in [0.29, 0.717) is 0 Å². The molecule has 0 saturated carbocycles. The van der Waals surface area contributed by atoms with Crippen LogP contribution in [0.2, 0.25) is 0 Å². The minimum Gasteiger partial charge on any atom is -0.303 e. The van der Waals surface area contributed by atoms with Crippen LogP contribution in [0.25, 0.3) is 0 Å². The highest BCUT2D eigenvalue weighted by molar-refractivity contribution is 9.10. The van der Waals surface area contributed by atoms with Gasteiger partial charge in [-0.3, -0.25) is 0 Å². The van der Waals surface area contributed by atoms with E-state index in [4.69, 9.17) is 0 Å². The summed E-state index contributed by atoms with van der Waals surface area (Å²) in [6.07, 6.45) is 1.71. The van der Waals surface area contributed by atoms with Gasteiger partial charge in [0.2, 0.25) is 0 Å². The lowest BCUT2D eigenvalue weighted by atomic mass is 10.1. The maximum absolute atomic E-state index is 11.3. The molecule has 1 aliphatic rings. The molecule has 5 heteroatoms. The zero-order valence-electron chi connectivity index (χ0n) is 9.43. The van der Waals surface area contributed by atoms with Crippen molar-refractivity contribution in [2.24, 2.45) is 0 Å². The van der Waals surface area contributed by atoms with Gasteiger partial charge in [0.15, 0.2) is 9.84 Å². The quantitative estimate of drug-likeness (QED) is 0.931. The van der Waals surface area contributed by atoms with Crippen LogP contribution in [-0.2, 0) is 9.84 Å². The van der Waals surface area contributed by atoms with E-state index in [0.717, 1.165) is 10.0 Å². The molecule has 2 atom stereocenters. The topological polar surface area (TPSA) is 46.2 Å². The molecule has 1 N–H and O–H groups in total. The van der Waals surface area contributed by atoms with Crippen LogP contribution in [0.3, 0.4) is 0 Å². The number of hydrogen-bond acceptors (Lipinski definition) is 3. The molecule has 1 aliphatic heterocycles. The zero-order chi connectivity index (χ0) is 12.5. The number of nitrogens with one attached hydrogen (secondary N) is 1. The van der Waals surface area contributed by atoms with Crippen molar-refractivity contribution in [3.05, 3.63) is 45.8 Å². The van der Waals surface area contributed by atoms with Gasteiger partial charge in [-0.05, 0) is 24.6 Å². The Morgan fingerprint density at radius 1 is 1.35 bits per heavy atom. The van der Waals surface area contributed by atoms with E-state index in [1.54, 1.807) is 6.08 Å². The van der Waals surface area contributed by atoms with Crippen molar-refractivity contribution in [3.8, 4) is 0 Å². The second-order valence-corrected chi connectivity index (χ2v) is 7.05. The normalized spacial score (nSPS) is 23.8. The zero-order valence-corrected chi connectivity index (χ0v) is 11.8. The summed E-state index contributed by atoms with van der Waals surface area (Å²) in [6.45, 7) is 2.03. The van der Waals surface area contributed by atoms with E-state index in [9.17, 15) is 8.42 Å². The van der Waals surface area contributed by atoms with E-state index in [1.165, 1.54) is 5.41 Å². The Kier molecular flexibility index (Phi) is 3.70. The molecule has 92 valence electrons. The monoisotopic (exact) mass is 315 g/mol. The first-order valence-electron chi connectivity index (χ1n) is 5.39. The van der Waals surface area contributed by atoms with Gasteiger partial charge in [0.05, 0.1) is 5.75 Å². The van der Waals surface area contributed by atoms with Gasteiger partial charge in [-0.25, -0.2) is 8.42 Å². The Labute approximate surface area is 110 Å². The highest BCUT2D eigenvalue weighted by Crippen LogP contribution is 2.18. The molecule has 2 rings (SSSR count). The average molecular weight is 316 g/mol. The maximum Gasteiger partial charge on any atom is 0.173 e. The van der Waals surface area contributed by atoms with Crippen molar-refractivity contribution >= 4 is 25.8 Å². The number of halogens is 1. The summed E-state index contributed by atoms with van der Waals surface area (Å²) in [6, 6.07) is 8.05. The minimum absolute atomic E-state index is 0.0846. The summed E-state index contributed by atoms with van der Waals surface area (Å²) >= 11 is 3.39. The molecular weight excluding hydrogens is 302 g/mol. The first-order valence-corrected chi connectivity index (χ1v) is 7.89. The first kappa shape index (κ1) is 12.8. The number of benzene rings is 1. The van der Waals surface area contributed by atoms with Gasteiger partial charge >= 0.3 is 0 Å². The summed E-state index contributed by atoms with van der Waals surface area (Å²) in [4.78, 5) is 0. The SMILES string of the molecule is CC(NC1C=CS(=O)(=O)C1)c1ccc(Br)cc1. The number of hydrogen-bond donors (Lipinski definition) is 1. The third-order valence-corrected chi connectivity index (χ3v) is 4.69. The average Bonchev–Trinajstić information content (AvgIpc) is 2.59. The van der Waals surface area contributed by atoms with Crippen molar-refractivity contribution in [1.29, 1.82) is 0 Å². The van der Waals surface area contributed by atoms with Gasteiger partial charge in [0, 0.05) is 22.0 Å². The first-order chi connectivity index (χ1) is 7.96. The molecule has 0 radical (unpaired) electrons. The van der Waals surface area contributed by atoms with Crippen LogP contribution in [0.1, 0.15) is 18.5 Å². The molecule has 0 aliphatic carbocycles. The Morgan fingerprint density at radius 2 is 2.00 bits per heavy atom. The predicted octanol–water partition coefficient (Wildman–Crippen LogP) is 2.41. The molecule has 17 heavy (non-hydrogen) atoms. The van der Waals surface area contributed by atoms with Crippen molar-refractivity contribution in [2.45, 2.75) is 19.0 Å². The van der Waals surface area contributed by atoms with Crippen LogP contribution < -0.4 is 5.32 Å². The fourth-order valence-corrected chi connectivity index (χ4v) is 3.36. The Balaban J connectivity index is 2.01. The molecule has 0 bridgehead atoms. The molecule has 0 spiro atoms. The van der Waals surface area contributed by atoms with Crippen LogP contribution in [0, 0.1) is 0 Å². The Bertz CT molecular complexity index is 522. The molecule has 3 nitrogen and oxygen atoms in total. The fraction of sp³-hybridized carbons (Fsp3) is 0.333. The molecule has 1 aromatic rings. The van der Waals surface area contributed by atoms with Crippen molar-refractivity contribution in [1.82, 2.24) is 5.32 Å². The molecule has 0 aromatic heterocycles. The van der Waals surface area contributed by atoms with Crippen LogP contribution in [-0.4, -0.2) is 20.2 Å². The highest BCUT2D eigenvalue weighted by Gasteiger charge is 2.22. The van der Waals surface area contributed by atoms with Crippen molar-refractivity contribution in [3.63, 3.8) is 0 Å². The van der Waals surface area contributed by atoms with Crippen molar-refractivity contribution < 1.29 is 8.42 Å². The molecular formula is C12H14BrNO2S. The third-order valence-electron chi connectivity index (χ3n) is 2.76. The molecule has 0 saturated heterocycles. The van der Waals surface area contributed by atoms with Crippen LogP contribution in [0.4, 0.5) is 0 Å². The second-order valence-electron chi connectivity index (χ2n) is 4.20. The van der Waals surface area contributed by atoms with E-state index in [1.807, 2.05) is 31.2 Å². The summed E-state index contributed by atoms with van der Waals surface area (Å²) in [5.74, 6) is 0.161. The third kappa shape index (κ3) is 3.40. The Hall–Kier alpha value is -0.650. The maximum atomic E-state index is 11.3. The smallest absolute Gasteiger partial charge is 0.173 e. The van der Waals surface area contributed by atoms with E-state index in [-0.39, 0.29) is 17.8 Å². The van der Waals surface area contributed by atoms with E-state index in [2.05, 4.69) is 21.2 Å². The lowest BCUT2D eigenvalue weighted by Crippen LogP contribution is -2.32. The van der Waals surface area contributed by atoms with Crippen LogP contribution in [0.5, 0.6) is 0 Å². The molecule has 0 amide bonds. The highest BCUT2D eigenvalue weighted by atomic mass is 79.9. The lowest BCUT2D eigenvalue weighted by molar-refractivity contribution is 0.535.